The summed E-state index contributed by atoms with van der Waals surface area (Å²) in [5, 5.41) is 0. The van der Waals surface area contributed by atoms with Crippen LogP contribution in [0.4, 0.5) is 4.39 Å². The highest BCUT2D eigenvalue weighted by Crippen LogP contribution is 2.16. The molecule has 0 radical (unpaired) electrons. The number of methoxy groups -OCH3 is 1. The molecule has 1 rings (SSSR count). The van der Waals surface area contributed by atoms with E-state index in [0.717, 1.165) is 0 Å². The molecule has 126 valence electrons. The van der Waals surface area contributed by atoms with Gasteiger partial charge >= 0.3 is 5.97 Å². The fourth-order valence-electron chi connectivity index (χ4n) is 1.74. The van der Waals surface area contributed by atoms with Gasteiger partial charge in [0.15, 0.2) is 0 Å². The minimum atomic E-state index is -0.501. The largest absolute Gasteiger partial charge is 0.465 e. The van der Waals surface area contributed by atoms with Crippen molar-refractivity contribution in [1.82, 2.24) is 4.90 Å². The first-order valence-corrected chi connectivity index (χ1v) is 7.83. The molecule has 23 heavy (non-hydrogen) atoms. The van der Waals surface area contributed by atoms with Crippen LogP contribution in [-0.2, 0) is 19.1 Å². The van der Waals surface area contributed by atoms with Gasteiger partial charge in [-0.2, -0.15) is 0 Å². The number of carbonyl (C=O) groups excluding carboxylic acids is 2. The van der Waals surface area contributed by atoms with Crippen LogP contribution in [0.5, 0.6) is 0 Å². The van der Waals surface area contributed by atoms with E-state index in [0.29, 0.717) is 4.47 Å². The first kappa shape index (κ1) is 19.3. The molecule has 1 aromatic rings. The molecule has 0 saturated heterocycles. The third-order valence-corrected chi connectivity index (χ3v) is 3.36. The van der Waals surface area contributed by atoms with E-state index < -0.39 is 17.7 Å². The van der Waals surface area contributed by atoms with Gasteiger partial charge in [0.2, 0.25) is 5.91 Å². The van der Waals surface area contributed by atoms with Gasteiger partial charge in [-0.05, 0) is 31.2 Å². The second-order valence-electron chi connectivity index (χ2n) is 4.56. The number of ether oxygens (including phenoxy) is 2. The Morgan fingerprint density at radius 3 is 2.78 bits per heavy atom. The molecule has 0 aliphatic carbocycles. The minimum absolute atomic E-state index is 0.179. The molecule has 0 spiro atoms. The van der Waals surface area contributed by atoms with Crippen LogP contribution in [0.25, 0.3) is 6.08 Å². The van der Waals surface area contributed by atoms with Gasteiger partial charge in [0.1, 0.15) is 12.4 Å². The van der Waals surface area contributed by atoms with Gasteiger partial charge < -0.3 is 14.4 Å². The predicted octanol–water partition coefficient (Wildman–Crippen LogP) is 2.64. The third-order valence-electron chi connectivity index (χ3n) is 2.87. The van der Waals surface area contributed by atoms with E-state index >= 15 is 0 Å². The van der Waals surface area contributed by atoms with E-state index in [4.69, 9.17) is 9.47 Å². The molecule has 0 N–H and O–H groups in total. The van der Waals surface area contributed by atoms with Gasteiger partial charge in [-0.3, -0.25) is 9.59 Å². The van der Waals surface area contributed by atoms with Gasteiger partial charge in [0, 0.05) is 29.8 Å². The zero-order valence-corrected chi connectivity index (χ0v) is 14.6. The average molecular weight is 388 g/mol. The molecule has 0 unspecified atom stereocenters. The first-order chi connectivity index (χ1) is 11.0. The fourth-order valence-corrected chi connectivity index (χ4v) is 2.12. The summed E-state index contributed by atoms with van der Waals surface area (Å²) in [5.74, 6) is -1.36. The standard InChI is InChI=1S/C16H19BrFNO4/c1-3-23-16(21)11-19(8-9-22-2)15(20)7-4-12-10-13(17)5-6-14(12)18/h4-7,10H,3,8-9,11H2,1-2H3/b7-4+. The van der Waals surface area contributed by atoms with Gasteiger partial charge in [-0.15, -0.1) is 0 Å². The van der Waals surface area contributed by atoms with Crippen molar-refractivity contribution in [3.8, 4) is 0 Å². The Hall–Kier alpha value is -1.73. The summed E-state index contributed by atoms with van der Waals surface area (Å²) < 4.78 is 24.1. The summed E-state index contributed by atoms with van der Waals surface area (Å²) >= 11 is 3.24. The molecule has 0 aliphatic rings. The van der Waals surface area contributed by atoms with Crippen LogP contribution in [0, 0.1) is 5.82 Å². The second kappa shape index (κ2) is 10.1. The molecule has 0 saturated carbocycles. The number of halogens is 2. The molecule has 0 aromatic heterocycles. The van der Waals surface area contributed by atoms with Crippen LogP contribution in [0.3, 0.4) is 0 Å². The van der Waals surface area contributed by atoms with Crippen molar-refractivity contribution in [1.29, 1.82) is 0 Å². The lowest BCUT2D eigenvalue weighted by Gasteiger charge is -2.19. The highest BCUT2D eigenvalue weighted by Gasteiger charge is 2.15. The number of amides is 1. The Morgan fingerprint density at radius 1 is 1.39 bits per heavy atom. The van der Waals surface area contributed by atoms with E-state index in [-0.39, 0.29) is 31.9 Å². The van der Waals surface area contributed by atoms with Crippen LogP contribution in [-0.4, -0.2) is 50.2 Å². The summed E-state index contributed by atoms with van der Waals surface area (Å²) in [5.41, 5.74) is 0.274. The molecule has 7 heteroatoms. The summed E-state index contributed by atoms with van der Waals surface area (Å²) in [6.45, 7) is 2.27. The number of carbonyl (C=O) groups is 2. The topological polar surface area (TPSA) is 55.8 Å². The quantitative estimate of drug-likeness (QED) is 0.508. The number of hydrogen-bond acceptors (Lipinski definition) is 4. The molecule has 1 aromatic carbocycles. The third kappa shape index (κ3) is 6.92. The second-order valence-corrected chi connectivity index (χ2v) is 5.47. The van der Waals surface area contributed by atoms with Gasteiger partial charge in [0.25, 0.3) is 0 Å². The van der Waals surface area contributed by atoms with E-state index in [2.05, 4.69) is 15.9 Å². The lowest BCUT2D eigenvalue weighted by molar-refractivity contribution is -0.148. The van der Waals surface area contributed by atoms with E-state index in [1.165, 1.54) is 30.2 Å². The van der Waals surface area contributed by atoms with Crippen molar-refractivity contribution < 1.29 is 23.5 Å². The normalized spacial score (nSPS) is 10.8. The van der Waals surface area contributed by atoms with E-state index in [1.54, 1.807) is 19.1 Å². The molecule has 0 bridgehead atoms. The van der Waals surface area contributed by atoms with Crippen molar-refractivity contribution in [2.45, 2.75) is 6.92 Å². The molecule has 0 aliphatic heterocycles. The Bertz CT molecular complexity index is 577. The maximum atomic E-state index is 13.6. The zero-order valence-electron chi connectivity index (χ0n) is 13.1. The van der Waals surface area contributed by atoms with Gasteiger partial charge in [0.05, 0.1) is 13.2 Å². The smallest absolute Gasteiger partial charge is 0.325 e. The van der Waals surface area contributed by atoms with Crippen molar-refractivity contribution in [2.24, 2.45) is 0 Å². The van der Waals surface area contributed by atoms with Crippen molar-refractivity contribution in [3.05, 3.63) is 40.1 Å². The van der Waals surface area contributed by atoms with E-state index in [9.17, 15) is 14.0 Å². The predicted molar refractivity (Wildman–Crippen MR) is 88.2 cm³/mol. The summed E-state index contributed by atoms with van der Waals surface area (Å²) in [4.78, 5) is 25.0. The number of rotatable bonds is 8. The molecular weight excluding hydrogens is 369 g/mol. The monoisotopic (exact) mass is 387 g/mol. The Morgan fingerprint density at radius 2 is 2.13 bits per heavy atom. The molecule has 0 fully saturated rings. The lowest BCUT2D eigenvalue weighted by Crippen LogP contribution is -2.37. The molecule has 1 amide bonds. The zero-order chi connectivity index (χ0) is 17.2. The number of benzene rings is 1. The molecule has 0 atom stereocenters. The minimum Gasteiger partial charge on any atom is -0.465 e. The molecular formula is C16H19BrFNO4. The summed E-state index contributed by atoms with van der Waals surface area (Å²) in [6, 6.07) is 4.43. The number of esters is 1. The van der Waals surface area contributed by atoms with Crippen LogP contribution < -0.4 is 0 Å². The number of nitrogens with zero attached hydrogens (tertiary/aromatic N) is 1. The highest BCUT2D eigenvalue weighted by molar-refractivity contribution is 9.10. The van der Waals surface area contributed by atoms with Crippen LogP contribution in [0.1, 0.15) is 12.5 Å². The fraction of sp³-hybridized carbons (Fsp3) is 0.375. The van der Waals surface area contributed by atoms with E-state index in [1.807, 2.05) is 0 Å². The van der Waals surface area contributed by atoms with Gasteiger partial charge in [-0.1, -0.05) is 15.9 Å². The Labute approximate surface area is 143 Å². The van der Waals surface area contributed by atoms with Crippen molar-refractivity contribution in [2.75, 3.05) is 33.4 Å². The van der Waals surface area contributed by atoms with Crippen LogP contribution in [0.2, 0.25) is 0 Å². The lowest BCUT2D eigenvalue weighted by atomic mass is 10.2. The summed E-state index contributed by atoms with van der Waals surface area (Å²) in [6.07, 6.45) is 2.59. The Balaban J connectivity index is 2.80. The van der Waals surface area contributed by atoms with Gasteiger partial charge in [-0.25, -0.2) is 4.39 Å². The maximum Gasteiger partial charge on any atom is 0.325 e. The Kier molecular flexibility index (Phi) is 8.50. The van der Waals surface area contributed by atoms with Crippen LogP contribution in [0.15, 0.2) is 28.7 Å². The summed E-state index contributed by atoms with van der Waals surface area (Å²) in [7, 11) is 1.50. The molecule has 5 nitrogen and oxygen atoms in total. The van der Waals surface area contributed by atoms with Crippen LogP contribution >= 0.6 is 15.9 Å². The highest BCUT2D eigenvalue weighted by atomic mass is 79.9. The number of hydrogen-bond donors (Lipinski definition) is 0. The average Bonchev–Trinajstić information content (AvgIpc) is 2.52. The van der Waals surface area contributed by atoms with Crippen molar-refractivity contribution >= 4 is 33.9 Å². The SMILES string of the molecule is CCOC(=O)CN(CCOC)C(=O)/C=C/c1cc(Br)ccc1F. The molecule has 0 heterocycles. The van der Waals surface area contributed by atoms with Crippen molar-refractivity contribution in [3.63, 3.8) is 0 Å². The maximum absolute atomic E-state index is 13.6. The first-order valence-electron chi connectivity index (χ1n) is 7.04.